The third-order valence-corrected chi connectivity index (χ3v) is 7.69. The summed E-state index contributed by atoms with van der Waals surface area (Å²) in [7, 11) is 0. The van der Waals surface area contributed by atoms with Crippen LogP contribution in [0, 0.1) is 13.8 Å². The van der Waals surface area contributed by atoms with Gasteiger partial charge in [-0.3, -0.25) is 0 Å². The van der Waals surface area contributed by atoms with E-state index in [1.54, 1.807) is 0 Å². The van der Waals surface area contributed by atoms with Crippen LogP contribution >= 0.6 is 0 Å². The van der Waals surface area contributed by atoms with Crippen molar-refractivity contribution in [2.24, 2.45) is 0 Å². The molecule has 0 heterocycles. The minimum atomic E-state index is 1.00. The Morgan fingerprint density at radius 2 is 1.34 bits per heavy atom. The zero-order valence-electron chi connectivity index (χ0n) is 18.5. The summed E-state index contributed by atoms with van der Waals surface area (Å²) >= 11 is 0. The van der Waals surface area contributed by atoms with Gasteiger partial charge >= 0.3 is 0 Å². The fraction of sp³-hybridized carbons (Fsp3) is 0.125. The first-order chi connectivity index (χ1) is 15.7. The molecule has 0 spiro atoms. The second-order valence-corrected chi connectivity index (χ2v) is 9.32. The molecule has 0 aliphatic heterocycles. The van der Waals surface area contributed by atoms with Gasteiger partial charge in [0.15, 0.2) is 0 Å². The molecule has 0 aromatic heterocycles. The lowest BCUT2D eigenvalue weighted by molar-refractivity contribution is 1.24. The molecule has 2 aliphatic rings. The first kappa shape index (κ1) is 18.0. The number of benzene rings is 5. The van der Waals surface area contributed by atoms with Crippen LogP contribution in [0.2, 0.25) is 0 Å². The van der Waals surface area contributed by atoms with Crippen LogP contribution < -0.4 is 0 Å². The van der Waals surface area contributed by atoms with Crippen molar-refractivity contribution in [2.45, 2.75) is 26.7 Å². The van der Waals surface area contributed by atoms with Crippen LogP contribution in [0.1, 0.15) is 38.9 Å². The van der Waals surface area contributed by atoms with E-state index in [2.05, 4.69) is 98.8 Å². The lowest BCUT2D eigenvalue weighted by Crippen LogP contribution is -2.04. The summed E-state index contributed by atoms with van der Waals surface area (Å²) in [5.74, 6) is 0. The van der Waals surface area contributed by atoms with E-state index in [0.717, 1.165) is 12.8 Å². The molecule has 0 radical (unpaired) electrons. The molecule has 2 aliphatic carbocycles. The van der Waals surface area contributed by atoms with Crippen LogP contribution in [0.5, 0.6) is 0 Å². The van der Waals surface area contributed by atoms with Gasteiger partial charge < -0.3 is 0 Å². The second kappa shape index (κ2) is 6.43. The average Bonchev–Trinajstić information content (AvgIpc) is 2.85. The SMILES string of the molecule is Cc1c2ccccc2c(C)c2cc(C3=CCc4ccc5c6c(ccc3c46)CC=C5)ccc12. The summed E-state index contributed by atoms with van der Waals surface area (Å²) in [4.78, 5) is 0. The normalized spacial score (nSPS) is 14.4. The van der Waals surface area contributed by atoms with E-state index in [0.29, 0.717) is 0 Å². The van der Waals surface area contributed by atoms with Crippen LogP contribution in [-0.4, -0.2) is 0 Å². The molecule has 7 rings (SSSR count). The van der Waals surface area contributed by atoms with Crippen molar-refractivity contribution < 1.29 is 0 Å². The predicted molar refractivity (Wildman–Crippen MR) is 138 cm³/mol. The van der Waals surface area contributed by atoms with E-state index in [1.165, 1.54) is 76.8 Å². The Labute approximate surface area is 188 Å². The van der Waals surface area contributed by atoms with E-state index in [4.69, 9.17) is 0 Å². The first-order valence-electron chi connectivity index (χ1n) is 11.6. The van der Waals surface area contributed by atoms with Crippen molar-refractivity contribution in [1.82, 2.24) is 0 Å². The zero-order valence-corrected chi connectivity index (χ0v) is 18.5. The van der Waals surface area contributed by atoms with E-state index >= 15 is 0 Å². The standard InChI is InChI=1S/C32H24/c1-19-25-8-3-4-9-26(25)20(2)30-18-24(14-15-27(19)30)28-16-12-23-11-10-21-6-5-7-22-13-17-29(28)32(23)31(21)22/h3-6,8-11,13-18H,7,12H2,1-2H3. The molecule has 0 bridgehead atoms. The quantitative estimate of drug-likeness (QED) is 0.245. The average molecular weight is 409 g/mol. The number of hydrogen-bond acceptors (Lipinski definition) is 0. The highest BCUT2D eigenvalue weighted by Crippen LogP contribution is 2.42. The topological polar surface area (TPSA) is 0 Å². The summed E-state index contributed by atoms with van der Waals surface area (Å²) in [6, 6.07) is 25.2. The Morgan fingerprint density at radius 3 is 2.19 bits per heavy atom. The molecule has 0 N–H and O–H groups in total. The molecular weight excluding hydrogens is 384 g/mol. The number of allylic oxidation sites excluding steroid dienone is 2. The maximum absolute atomic E-state index is 2.43. The number of fused-ring (bicyclic) bond motifs is 2. The summed E-state index contributed by atoms with van der Waals surface area (Å²) < 4.78 is 0. The highest BCUT2D eigenvalue weighted by atomic mass is 14.2. The van der Waals surface area contributed by atoms with Gasteiger partial charge in [-0.15, -0.1) is 0 Å². The Morgan fingerprint density at radius 1 is 0.625 bits per heavy atom. The largest absolute Gasteiger partial charge is 0.0795 e. The van der Waals surface area contributed by atoms with Gasteiger partial charge in [-0.2, -0.15) is 0 Å². The molecule has 5 aromatic carbocycles. The zero-order chi connectivity index (χ0) is 21.4. The van der Waals surface area contributed by atoms with Gasteiger partial charge in [0.05, 0.1) is 0 Å². The molecule has 0 nitrogen and oxygen atoms in total. The van der Waals surface area contributed by atoms with Gasteiger partial charge in [0, 0.05) is 0 Å². The highest BCUT2D eigenvalue weighted by molar-refractivity contribution is 6.09. The van der Waals surface area contributed by atoms with Crippen LogP contribution in [-0.2, 0) is 12.8 Å². The van der Waals surface area contributed by atoms with Gasteiger partial charge in [0.25, 0.3) is 0 Å². The summed E-state index contributed by atoms with van der Waals surface area (Å²) in [6.45, 7) is 4.53. The molecule has 0 amide bonds. The molecule has 32 heavy (non-hydrogen) atoms. The van der Waals surface area contributed by atoms with E-state index in [1.807, 2.05) is 0 Å². The van der Waals surface area contributed by atoms with Gasteiger partial charge in [0.1, 0.15) is 0 Å². The van der Waals surface area contributed by atoms with Crippen molar-refractivity contribution in [3.05, 3.63) is 118 Å². The molecule has 0 fully saturated rings. The molecule has 5 aromatic rings. The molecular formula is C32H24. The predicted octanol–water partition coefficient (Wildman–Crippen LogP) is 8.32. The van der Waals surface area contributed by atoms with Crippen LogP contribution in [0.3, 0.4) is 0 Å². The summed E-state index contributed by atoms with van der Waals surface area (Å²) in [5.41, 5.74) is 11.1. The van der Waals surface area contributed by atoms with Crippen molar-refractivity contribution in [3.8, 4) is 0 Å². The van der Waals surface area contributed by atoms with E-state index in [9.17, 15) is 0 Å². The van der Waals surface area contributed by atoms with Gasteiger partial charge in [-0.05, 0) is 110 Å². The molecule has 152 valence electrons. The van der Waals surface area contributed by atoms with Crippen molar-refractivity contribution in [1.29, 1.82) is 0 Å². The summed E-state index contributed by atoms with van der Waals surface area (Å²) in [6.07, 6.45) is 9.05. The highest BCUT2D eigenvalue weighted by Gasteiger charge is 2.21. The molecule has 0 atom stereocenters. The first-order valence-corrected chi connectivity index (χ1v) is 11.6. The van der Waals surface area contributed by atoms with Crippen molar-refractivity contribution >= 4 is 44.0 Å². The minimum Gasteiger partial charge on any atom is -0.0795 e. The molecule has 0 unspecified atom stereocenters. The third kappa shape index (κ3) is 2.33. The minimum absolute atomic E-state index is 1.00. The smallest absolute Gasteiger partial charge is 0.00611 e. The van der Waals surface area contributed by atoms with Crippen LogP contribution in [0.4, 0.5) is 0 Å². The number of hydrogen-bond donors (Lipinski definition) is 0. The molecule has 0 saturated heterocycles. The van der Waals surface area contributed by atoms with Gasteiger partial charge in [0.2, 0.25) is 0 Å². The lowest BCUT2D eigenvalue weighted by Gasteiger charge is -2.24. The van der Waals surface area contributed by atoms with Gasteiger partial charge in [-0.1, -0.05) is 78.9 Å². The Bertz CT molecular complexity index is 1670. The number of aryl methyl sites for hydroxylation is 2. The second-order valence-electron chi connectivity index (χ2n) is 9.32. The fourth-order valence-corrected chi connectivity index (χ4v) is 6.05. The lowest BCUT2D eigenvalue weighted by atomic mass is 9.80. The Hall–Kier alpha value is -3.64. The maximum Gasteiger partial charge on any atom is -0.00611 e. The monoisotopic (exact) mass is 408 g/mol. The number of rotatable bonds is 1. The molecule has 0 saturated carbocycles. The maximum atomic E-state index is 2.43. The Balaban J connectivity index is 1.49. The molecule has 0 heteroatoms. The fourth-order valence-electron chi connectivity index (χ4n) is 6.05. The van der Waals surface area contributed by atoms with E-state index in [-0.39, 0.29) is 0 Å². The van der Waals surface area contributed by atoms with Crippen LogP contribution in [0.25, 0.3) is 44.0 Å². The van der Waals surface area contributed by atoms with Crippen LogP contribution in [0.15, 0.2) is 78.9 Å². The summed E-state index contributed by atoms with van der Waals surface area (Å²) in [5, 5.41) is 8.40. The van der Waals surface area contributed by atoms with Gasteiger partial charge in [-0.25, -0.2) is 0 Å². The van der Waals surface area contributed by atoms with Crippen molar-refractivity contribution in [2.75, 3.05) is 0 Å². The van der Waals surface area contributed by atoms with Crippen molar-refractivity contribution in [3.63, 3.8) is 0 Å². The van der Waals surface area contributed by atoms with E-state index < -0.39 is 0 Å². The third-order valence-electron chi connectivity index (χ3n) is 7.69. The Kier molecular flexibility index (Phi) is 3.62.